The fraction of sp³-hybridized carbons (Fsp3) is 0.312. The van der Waals surface area contributed by atoms with Crippen LogP contribution in [0.15, 0.2) is 50.9 Å². The zero-order valence-electron chi connectivity index (χ0n) is 13.1. The molecule has 0 aliphatic rings. The molecule has 3 nitrogen and oxygen atoms in total. The van der Waals surface area contributed by atoms with Crippen LogP contribution in [0, 0.1) is 0 Å². The molecule has 0 N–H and O–H groups in total. The van der Waals surface area contributed by atoms with E-state index in [-0.39, 0.29) is 5.69 Å². The van der Waals surface area contributed by atoms with Crippen molar-refractivity contribution in [3.05, 3.63) is 47.9 Å². The molecule has 1 aromatic heterocycles. The Morgan fingerprint density at radius 2 is 2.00 bits per heavy atom. The van der Waals surface area contributed by atoms with Crippen LogP contribution < -0.4 is 0 Å². The summed E-state index contributed by atoms with van der Waals surface area (Å²) in [7, 11) is 3.50. The molecule has 2 aromatic rings. The molecule has 0 saturated heterocycles. The first-order valence-electron chi connectivity index (χ1n) is 6.98. The Morgan fingerprint density at radius 3 is 2.54 bits per heavy atom. The third-order valence-electron chi connectivity index (χ3n) is 2.99. The first-order valence-corrected chi connectivity index (χ1v) is 7.97. The highest BCUT2D eigenvalue weighted by molar-refractivity contribution is 7.99. The van der Waals surface area contributed by atoms with Crippen molar-refractivity contribution < 1.29 is 22.0 Å². The molecule has 130 valence electrons. The monoisotopic (exact) mass is 360 g/mol. The molecule has 1 heterocycles. The van der Waals surface area contributed by atoms with Gasteiger partial charge in [0, 0.05) is 24.6 Å². The molecule has 0 unspecified atom stereocenters. The van der Waals surface area contributed by atoms with Crippen LogP contribution in [0.4, 0.5) is 23.2 Å². The van der Waals surface area contributed by atoms with Crippen molar-refractivity contribution >= 4 is 23.3 Å². The number of furan rings is 1. The third-order valence-corrected chi connectivity index (χ3v) is 4.05. The van der Waals surface area contributed by atoms with Crippen molar-refractivity contribution in [2.45, 2.75) is 17.7 Å². The van der Waals surface area contributed by atoms with E-state index in [0.717, 1.165) is 0 Å². The summed E-state index contributed by atoms with van der Waals surface area (Å²) >= 11 is 0.640. The van der Waals surface area contributed by atoms with Crippen molar-refractivity contribution in [3.63, 3.8) is 0 Å². The van der Waals surface area contributed by atoms with Crippen LogP contribution in [0.2, 0.25) is 0 Å². The van der Waals surface area contributed by atoms with E-state index >= 15 is 0 Å². The summed E-state index contributed by atoms with van der Waals surface area (Å²) in [5.74, 6) is -0.0741. The van der Waals surface area contributed by atoms with Crippen LogP contribution in [0.25, 0.3) is 0 Å². The SMILES string of the molecule is CN(C)C(=Nc1cc(SCC(F)(F)F)ccc1CF)c1ccco1. The van der Waals surface area contributed by atoms with Gasteiger partial charge in [0.15, 0.2) is 11.6 Å². The fourth-order valence-corrected chi connectivity index (χ4v) is 2.60. The van der Waals surface area contributed by atoms with Gasteiger partial charge in [-0.15, -0.1) is 11.8 Å². The van der Waals surface area contributed by atoms with E-state index < -0.39 is 18.6 Å². The summed E-state index contributed by atoms with van der Waals surface area (Å²) in [4.78, 5) is 6.46. The van der Waals surface area contributed by atoms with E-state index in [2.05, 4.69) is 4.99 Å². The minimum absolute atomic E-state index is 0.282. The molecule has 0 radical (unpaired) electrons. The lowest BCUT2D eigenvalue weighted by atomic mass is 10.2. The zero-order valence-corrected chi connectivity index (χ0v) is 13.9. The van der Waals surface area contributed by atoms with Gasteiger partial charge in [-0.25, -0.2) is 9.38 Å². The molecule has 0 bridgehead atoms. The molecular weight excluding hydrogens is 344 g/mol. The van der Waals surface area contributed by atoms with Crippen LogP contribution in [0.3, 0.4) is 0 Å². The Bertz CT molecular complexity index is 697. The van der Waals surface area contributed by atoms with E-state index in [1.807, 2.05) is 0 Å². The summed E-state index contributed by atoms with van der Waals surface area (Å²) in [6.07, 6.45) is -2.78. The number of hydrogen-bond donors (Lipinski definition) is 0. The Kier molecular flexibility index (Phi) is 5.93. The van der Waals surface area contributed by atoms with Crippen LogP contribution in [0.5, 0.6) is 0 Å². The van der Waals surface area contributed by atoms with Gasteiger partial charge in [-0.05, 0) is 24.3 Å². The van der Waals surface area contributed by atoms with E-state index in [1.54, 1.807) is 31.1 Å². The van der Waals surface area contributed by atoms with Crippen LogP contribution >= 0.6 is 11.8 Å². The minimum Gasteiger partial charge on any atom is -0.461 e. The second-order valence-electron chi connectivity index (χ2n) is 5.14. The lowest BCUT2D eigenvalue weighted by Gasteiger charge is -2.15. The summed E-state index contributed by atoms with van der Waals surface area (Å²) in [5, 5.41) is 0. The van der Waals surface area contributed by atoms with Gasteiger partial charge in [-0.1, -0.05) is 6.07 Å². The molecule has 24 heavy (non-hydrogen) atoms. The summed E-state index contributed by atoms with van der Waals surface area (Å²) in [6.45, 7) is -0.762. The van der Waals surface area contributed by atoms with E-state index in [0.29, 0.717) is 33.8 Å². The quantitative estimate of drug-likeness (QED) is 0.324. The standard InChI is InChI=1S/C16H16F4N2OS/c1-22(2)15(14-4-3-7-23-14)21-13-8-12(6-5-11(13)9-17)24-10-16(18,19)20/h3-8H,9-10H2,1-2H3. The molecule has 0 atom stereocenters. The highest BCUT2D eigenvalue weighted by atomic mass is 32.2. The van der Waals surface area contributed by atoms with Gasteiger partial charge < -0.3 is 9.32 Å². The van der Waals surface area contributed by atoms with Crippen molar-refractivity contribution in [1.82, 2.24) is 4.90 Å². The van der Waals surface area contributed by atoms with Gasteiger partial charge in [0.1, 0.15) is 6.67 Å². The van der Waals surface area contributed by atoms with Gasteiger partial charge in [0.05, 0.1) is 17.7 Å². The largest absolute Gasteiger partial charge is 0.461 e. The fourth-order valence-electron chi connectivity index (χ4n) is 1.91. The Labute approximate surface area is 141 Å². The van der Waals surface area contributed by atoms with Crippen molar-refractivity contribution in [2.24, 2.45) is 4.99 Å². The number of alkyl halides is 4. The predicted molar refractivity (Wildman–Crippen MR) is 86.6 cm³/mol. The molecule has 0 aliphatic carbocycles. The number of aliphatic imine (C=N–C) groups is 1. The molecule has 1 aromatic carbocycles. The van der Waals surface area contributed by atoms with Gasteiger partial charge >= 0.3 is 6.18 Å². The molecule has 0 saturated carbocycles. The number of thioether (sulfide) groups is 1. The Balaban J connectivity index is 2.37. The van der Waals surface area contributed by atoms with E-state index in [4.69, 9.17) is 4.42 Å². The molecular formula is C16H16F4N2OS. The van der Waals surface area contributed by atoms with Gasteiger partial charge in [0.25, 0.3) is 0 Å². The van der Waals surface area contributed by atoms with Crippen LogP contribution in [0.1, 0.15) is 11.3 Å². The number of benzene rings is 1. The van der Waals surface area contributed by atoms with Crippen molar-refractivity contribution in [3.8, 4) is 0 Å². The lowest BCUT2D eigenvalue weighted by Crippen LogP contribution is -2.22. The highest BCUT2D eigenvalue weighted by Gasteiger charge is 2.27. The zero-order chi connectivity index (χ0) is 17.7. The molecule has 0 amide bonds. The molecule has 0 aliphatic heterocycles. The molecule has 0 spiro atoms. The molecule has 2 rings (SSSR count). The molecule has 0 fully saturated rings. The number of nitrogens with zero attached hydrogens (tertiary/aromatic N) is 2. The topological polar surface area (TPSA) is 28.7 Å². The first kappa shape index (κ1) is 18.4. The lowest BCUT2D eigenvalue weighted by molar-refractivity contribution is -0.105. The summed E-state index contributed by atoms with van der Waals surface area (Å²) < 4.78 is 55.6. The first-order chi connectivity index (χ1) is 11.3. The van der Waals surface area contributed by atoms with Gasteiger partial charge in [0.2, 0.25) is 0 Å². The second kappa shape index (κ2) is 7.74. The van der Waals surface area contributed by atoms with Crippen molar-refractivity contribution in [1.29, 1.82) is 0 Å². The predicted octanol–water partition coefficient (Wildman–Crippen LogP) is 5.04. The van der Waals surface area contributed by atoms with Crippen LogP contribution in [-0.4, -0.2) is 36.8 Å². The van der Waals surface area contributed by atoms with E-state index in [1.165, 1.54) is 24.5 Å². The maximum Gasteiger partial charge on any atom is 0.398 e. The maximum atomic E-state index is 13.2. The highest BCUT2D eigenvalue weighted by Crippen LogP contribution is 2.32. The number of rotatable bonds is 5. The van der Waals surface area contributed by atoms with Gasteiger partial charge in [-0.3, -0.25) is 0 Å². The van der Waals surface area contributed by atoms with Crippen molar-refractivity contribution in [2.75, 3.05) is 19.8 Å². The average Bonchev–Trinajstić information content (AvgIpc) is 3.03. The summed E-state index contributed by atoms with van der Waals surface area (Å²) in [5.41, 5.74) is 0.585. The molecule has 8 heteroatoms. The normalized spacial score (nSPS) is 12.5. The Morgan fingerprint density at radius 1 is 1.25 bits per heavy atom. The Hall–Kier alpha value is -1.96. The average molecular weight is 360 g/mol. The summed E-state index contributed by atoms with van der Waals surface area (Å²) in [6, 6.07) is 7.77. The second-order valence-corrected chi connectivity index (χ2v) is 6.18. The minimum atomic E-state index is -4.27. The third kappa shape index (κ3) is 5.02. The maximum absolute atomic E-state index is 13.2. The van der Waals surface area contributed by atoms with Crippen LogP contribution in [-0.2, 0) is 6.67 Å². The number of hydrogen-bond acceptors (Lipinski definition) is 3. The smallest absolute Gasteiger partial charge is 0.398 e. The number of halogens is 4. The van der Waals surface area contributed by atoms with E-state index in [9.17, 15) is 17.6 Å². The van der Waals surface area contributed by atoms with Gasteiger partial charge in [-0.2, -0.15) is 13.2 Å². The number of amidine groups is 1.